The summed E-state index contributed by atoms with van der Waals surface area (Å²) in [5.74, 6) is 0.346. The molecule has 0 amide bonds. The number of likely N-dealkylation sites (tertiary alicyclic amines) is 2. The number of piperidine rings is 2. The predicted octanol–water partition coefficient (Wildman–Crippen LogP) is 7.15. The molecule has 0 saturated carbocycles. The van der Waals surface area contributed by atoms with Crippen molar-refractivity contribution in [2.45, 2.75) is 97.1 Å². The first-order chi connectivity index (χ1) is 26.1. The van der Waals surface area contributed by atoms with Crippen LogP contribution in [-0.4, -0.2) is 85.8 Å². The van der Waals surface area contributed by atoms with E-state index in [1.165, 1.54) is 0 Å². The predicted molar refractivity (Wildman–Crippen MR) is 205 cm³/mol. The Kier molecular flexibility index (Phi) is 13.1. The Morgan fingerprint density at radius 1 is 0.815 bits per heavy atom. The van der Waals surface area contributed by atoms with Crippen molar-refractivity contribution in [2.75, 3.05) is 26.8 Å². The summed E-state index contributed by atoms with van der Waals surface area (Å²) in [4.78, 5) is 27.5. The maximum atomic E-state index is 11.8. The van der Waals surface area contributed by atoms with Crippen LogP contribution in [-0.2, 0) is 35.8 Å². The Hall–Kier alpha value is -4.65. The summed E-state index contributed by atoms with van der Waals surface area (Å²) in [5, 5.41) is 28.3. The lowest BCUT2D eigenvalue weighted by Crippen LogP contribution is -2.44. The van der Waals surface area contributed by atoms with Crippen LogP contribution in [0.3, 0.4) is 0 Å². The van der Waals surface area contributed by atoms with Crippen LogP contribution in [0, 0.1) is 13.8 Å². The van der Waals surface area contributed by atoms with Crippen molar-refractivity contribution in [2.24, 2.45) is 0 Å². The third-order valence-electron chi connectivity index (χ3n) is 10.6. The van der Waals surface area contributed by atoms with E-state index in [9.17, 15) is 19.8 Å². The zero-order chi connectivity index (χ0) is 38.2. The molecule has 0 spiro atoms. The van der Waals surface area contributed by atoms with E-state index in [4.69, 9.17) is 25.8 Å². The summed E-state index contributed by atoms with van der Waals surface area (Å²) in [7, 11) is 1.60. The minimum Gasteiger partial charge on any atom is -0.496 e. The molecule has 0 radical (unpaired) electrons. The molecule has 2 fully saturated rings. The van der Waals surface area contributed by atoms with E-state index in [1.54, 1.807) is 17.9 Å². The largest absolute Gasteiger partial charge is 0.496 e. The molecule has 2 aliphatic rings. The third-order valence-corrected chi connectivity index (χ3v) is 10.9. The topological polar surface area (TPSA) is 139 Å². The summed E-state index contributed by atoms with van der Waals surface area (Å²) in [6.45, 7) is 7.98. The summed E-state index contributed by atoms with van der Waals surface area (Å²) in [6, 6.07) is 14.9. The molecule has 0 aliphatic carbocycles. The lowest BCUT2D eigenvalue weighted by molar-refractivity contribution is -0.145. The van der Waals surface area contributed by atoms with Crippen LogP contribution in [0.2, 0.25) is 5.02 Å². The lowest BCUT2D eigenvalue weighted by Gasteiger charge is -2.33. The Balaban J connectivity index is 1.06. The van der Waals surface area contributed by atoms with E-state index in [0.717, 1.165) is 83.5 Å². The zero-order valence-corrected chi connectivity index (χ0v) is 32.1. The lowest BCUT2D eigenvalue weighted by atomic mass is 9.93. The van der Waals surface area contributed by atoms with Gasteiger partial charge in [-0.3, -0.25) is 24.1 Å². The van der Waals surface area contributed by atoms with Crippen molar-refractivity contribution >= 4 is 23.5 Å². The maximum Gasteiger partial charge on any atom is 0.320 e. The van der Waals surface area contributed by atoms with Gasteiger partial charge in [0, 0.05) is 43.9 Å². The Morgan fingerprint density at radius 3 is 2.17 bits per heavy atom. The normalized spacial score (nSPS) is 18.0. The van der Waals surface area contributed by atoms with Gasteiger partial charge in [0.25, 0.3) is 0 Å². The van der Waals surface area contributed by atoms with Crippen molar-refractivity contribution in [1.82, 2.24) is 24.8 Å². The van der Waals surface area contributed by atoms with Crippen LogP contribution in [0.15, 0.2) is 54.7 Å². The number of rotatable bonds is 16. The molecule has 2 aliphatic heterocycles. The summed E-state index contributed by atoms with van der Waals surface area (Å²) < 4.78 is 20.0. The van der Waals surface area contributed by atoms with Crippen molar-refractivity contribution < 1.29 is 34.0 Å². The number of carboxylic acid groups (broad SMARTS) is 2. The maximum absolute atomic E-state index is 11.8. The quantitative estimate of drug-likeness (QED) is 0.113. The number of hydrogen-bond donors (Lipinski definition) is 2. The first kappa shape index (κ1) is 39.1. The van der Waals surface area contributed by atoms with Gasteiger partial charge in [-0.1, -0.05) is 60.0 Å². The van der Waals surface area contributed by atoms with E-state index in [-0.39, 0.29) is 0 Å². The second-order valence-electron chi connectivity index (χ2n) is 14.2. The van der Waals surface area contributed by atoms with Crippen molar-refractivity contribution in [3.63, 3.8) is 0 Å². The van der Waals surface area contributed by atoms with E-state index >= 15 is 0 Å². The first-order valence-corrected chi connectivity index (χ1v) is 19.1. The Morgan fingerprint density at radius 2 is 1.48 bits per heavy atom. The molecule has 3 aromatic carbocycles. The highest BCUT2D eigenvalue weighted by Gasteiger charge is 2.30. The van der Waals surface area contributed by atoms with Crippen molar-refractivity contribution in [3.8, 4) is 28.4 Å². The van der Waals surface area contributed by atoms with Gasteiger partial charge < -0.3 is 24.4 Å². The molecular formula is C41H50ClN5O7. The number of ether oxygens (including phenoxy) is 3. The van der Waals surface area contributed by atoms with Crippen LogP contribution < -0.4 is 14.2 Å². The molecule has 2 N–H and O–H groups in total. The van der Waals surface area contributed by atoms with Gasteiger partial charge in [0.15, 0.2) is 0 Å². The minimum absolute atomic E-state index is 0.298. The van der Waals surface area contributed by atoms with Gasteiger partial charge in [0.1, 0.15) is 35.9 Å². The van der Waals surface area contributed by atoms with Gasteiger partial charge in [-0.2, -0.15) is 0 Å². The second kappa shape index (κ2) is 18.1. The number of halogens is 1. The fourth-order valence-electron chi connectivity index (χ4n) is 7.63. The van der Waals surface area contributed by atoms with Crippen LogP contribution >= 0.6 is 11.6 Å². The molecule has 13 heteroatoms. The highest BCUT2D eigenvalue weighted by atomic mass is 35.5. The number of aromatic nitrogens is 3. The summed E-state index contributed by atoms with van der Waals surface area (Å²) in [5.41, 5.74) is 6.90. The third kappa shape index (κ3) is 9.34. The number of methoxy groups -OCH3 is 1. The van der Waals surface area contributed by atoms with Gasteiger partial charge in [0.05, 0.1) is 24.4 Å². The van der Waals surface area contributed by atoms with Crippen LogP contribution in [0.25, 0.3) is 11.1 Å². The monoisotopic (exact) mass is 759 g/mol. The minimum atomic E-state index is -0.801. The van der Waals surface area contributed by atoms with Crippen LogP contribution in [0.5, 0.6) is 17.2 Å². The van der Waals surface area contributed by atoms with Gasteiger partial charge in [-0.15, -0.1) is 5.10 Å². The first-order valence-electron chi connectivity index (χ1n) is 18.8. The molecule has 54 heavy (non-hydrogen) atoms. The molecule has 6 rings (SSSR count). The highest BCUT2D eigenvalue weighted by Crippen LogP contribution is 2.37. The van der Waals surface area contributed by atoms with Gasteiger partial charge in [-0.05, 0) is 92.6 Å². The molecule has 0 unspecified atom stereocenters. The fourth-order valence-corrected chi connectivity index (χ4v) is 7.87. The van der Waals surface area contributed by atoms with Gasteiger partial charge in [-0.25, -0.2) is 0 Å². The van der Waals surface area contributed by atoms with Crippen LogP contribution in [0.1, 0.15) is 72.9 Å². The molecular weight excluding hydrogens is 710 g/mol. The number of carbonyl (C=O) groups is 2. The summed E-state index contributed by atoms with van der Waals surface area (Å²) >= 11 is 6.73. The molecule has 1 aromatic heterocycles. The Labute approximate surface area is 321 Å². The standard InChI is InChI=1S/C41H50ClN5O7/c1-27-29(26-54-39-22-38(52-3)30(21-34(39)42)23-45-17-6-4-14-35(45)40(48)49)11-8-12-32(27)33-13-9-16-37(28(33)2)53-20-10-19-47-25-31(43-44-47)24-46-18-7-5-15-36(46)41(50)51/h8-9,11-13,16,21-22,25,35-36H,4-7,10,14-15,17-20,23-24,26H2,1-3H3,(H,48,49)(H,50,51)/t35-,36-/m0/s1. The SMILES string of the molecule is COc1cc(OCc2cccc(-c3cccc(OCCCn4cc(CN5CCCC[C@H]5C(=O)O)nn4)c3C)c2C)c(Cl)cc1CN1CCCC[C@H]1C(=O)O. The van der Waals surface area contributed by atoms with E-state index in [0.29, 0.717) is 68.8 Å². The van der Waals surface area contributed by atoms with Crippen LogP contribution in [0.4, 0.5) is 0 Å². The molecule has 288 valence electrons. The van der Waals surface area contributed by atoms with Gasteiger partial charge in [0.2, 0.25) is 0 Å². The number of benzene rings is 3. The molecule has 4 aromatic rings. The number of carboxylic acids is 2. The zero-order valence-electron chi connectivity index (χ0n) is 31.3. The second-order valence-corrected chi connectivity index (χ2v) is 14.6. The number of aryl methyl sites for hydroxylation is 1. The van der Waals surface area contributed by atoms with Crippen molar-refractivity contribution in [1.29, 1.82) is 0 Å². The molecule has 2 atom stereocenters. The number of aliphatic carboxylic acids is 2. The number of nitrogens with zero attached hydrogens (tertiary/aromatic N) is 5. The van der Waals surface area contributed by atoms with Gasteiger partial charge >= 0.3 is 11.9 Å². The number of hydrogen-bond acceptors (Lipinski definition) is 9. The molecule has 2 saturated heterocycles. The smallest absolute Gasteiger partial charge is 0.320 e. The summed E-state index contributed by atoms with van der Waals surface area (Å²) in [6.07, 6.45) is 7.73. The Bertz CT molecular complexity index is 1930. The molecule has 3 heterocycles. The van der Waals surface area contributed by atoms with E-state index in [1.807, 2.05) is 46.3 Å². The fraction of sp³-hybridized carbons (Fsp3) is 0.463. The molecule has 12 nitrogen and oxygen atoms in total. The van der Waals surface area contributed by atoms with E-state index < -0.39 is 24.0 Å². The average Bonchev–Trinajstić information content (AvgIpc) is 3.61. The highest BCUT2D eigenvalue weighted by molar-refractivity contribution is 6.32. The molecule has 0 bridgehead atoms. The average molecular weight is 760 g/mol. The van der Waals surface area contributed by atoms with E-state index in [2.05, 4.69) is 36.3 Å². The van der Waals surface area contributed by atoms with Crippen molar-refractivity contribution in [3.05, 3.63) is 87.7 Å².